The minimum Gasteiger partial charge on any atom is -0.354 e. The summed E-state index contributed by atoms with van der Waals surface area (Å²) >= 11 is 0. The first kappa shape index (κ1) is 11.7. The van der Waals surface area contributed by atoms with Gasteiger partial charge in [0.1, 0.15) is 0 Å². The van der Waals surface area contributed by atoms with Crippen LogP contribution in [0.4, 0.5) is 0 Å². The average Bonchev–Trinajstić information content (AvgIpc) is 2.69. The summed E-state index contributed by atoms with van der Waals surface area (Å²) in [5.41, 5.74) is 3.14. The third-order valence-corrected chi connectivity index (χ3v) is 3.43. The lowest BCUT2D eigenvalue weighted by Gasteiger charge is -2.23. The molecule has 16 heavy (non-hydrogen) atoms. The van der Waals surface area contributed by atoms with E-state index in [4.69, 9.17) is 0 Å². The van der Waals surface area contributed by atoms with E-state index in [1.165, 1.54) is 32.1 Å². The van der Waals surface area contributed by atoms with Crippen molar-refractivity contribution in [2.75, 3.05) is 6.54 Å². The van der Waals surface area contributed by atoms with Crippen molar-refractivity contribution < 1.29 is 0 Å². The lowest BCUT2D eigenvalue weighted by molar-refractivity contribution is 0.462. The van der Waals surface area contributed by atoms with Gasteiger partial charge in [-0.15, -0.1) is 0 Å². The van der Waals surface area contributed by atoms with Crippen molar-refractivity contribution in [3.63, 3.8) is 0 Å². The smallest absolute Gasteiger partial charge is 0.0338 e. The van der Waals surface area contributed by atoms with Crippen LogP contribution >= 0.6 is 0 Å². The molecule has 0 spiro atoms. The summed E-state index contributed by atoms with van der Waals surface area (Å²) in [5, 5.41) is 3.67. The Hall–Kier alpha value is -0.760. The third kappa shape index (κ3) is 2.49. The van der Waals surface area contributed by atoms with E-state index in [1.807, 2.05) is 0 Å². The number of rotatable bonds is 5. The van der Waals surface area contributed by atoms with Crippen LogP contribution in [0.3, 0.4) is 0 Å². The van der Waals surface area contributed by atoms with Gasteiger partial charge in [-0.2, -0.15) is 0 Å². The van der Waals surface area contributed by atoms with Gasteiger partial charge >= 0.3 is 0 Å². The van der Waals surface area contributed by atoms with Crippen LogP contribution in [-0.2, 0) is 13.0 Å². The van der Waals surface area contributed by atoms with Gasteiger partial charge in [-0.1, -0.05) is 13.8 Å². The summed E-state index contributed by atoms with van der Waals surface area (Å²) in [6, 6.07) is 0.613. The summed E-state index contributed by atoms with van der Waals surface area (Å²) < 4.78 is 2.37. The lowest BCUT2D eigenvalue weighted by atomic mass is 9.91. The summed E-state index contributed by atoms with van der Waals surface area (Å²) in [4.78, 5) is 0. The maximum absolute atomic E-state index is 3.67. The van der Waals surface area contributed by atoms with Gasteiger partial charge in [-0.3, -0.25) is 0 Å². The lowest BCUT2D eigenvalue weighted by Crippen LogP contribution is -2.24. The molecule has 1 N–H and O–H groups in total. The molecular weight excluding hydrogens is 196 g/mol. The Bertz CT molecular complexity index is 327. The Kier molecular flexibility index (Phi) is 4.05. The fraction of sp³-hybridized carbons (Fsp3) is 0.714. The van der Waals surface area contributed by atoms with E-state index in [2.05, 4.69) is 36.1 Å². The molecule has 0 radical (unpaired) electrons. The number of nitrogens with zero attached hydrogens (tertiary/aromatic N) is 1. The van der Waals surface area contributed by atoms with Gasteiger partial charge in [-0.25, -0.2) is 0 Å². The number of hydrogen-bond acceptors (Lipinski definition) is 1. The van der Waals surface area contributed by atoms with Gasteiger partial charge in [0.25, 0.3) is 0 Å². The second-order valence-electron chi connectivity index (χ2n) is 4.88. The van der Waals surface area contributed by atoms with Gasteiger partial charge in [0.2, 0.25) is 0 Å². The molecule has 0 aromatic carbocycles. The minimum absolute atomic E-state index is 0.613. The van der Waals surface area contributed by atoms with Crippen LogP contribution in [0.1, 0.15) is 56.7 Å². The Morgan fingerprint density at radius 3 is 2.94 bits per heavy atom. The van der Waals surface area contributed by atoms with Crippen molar-refractivity contribution in [1.82, 2.24) is 9.88 Å². The SMILES string of the molecule is CCCNC1CCCc2cn(CCC)cc21. The molecule has 1 heterocycles. The monoisotopic (exact) mass is 220 g/mol. The molecule has 1 aromatic heterocycles. The van der Waals surface area contributed by atoms with Crippen molar-refractivity contribution in [2.45, 2.75) is 58.5 Å². The molecule has 90 valence electrons. The first-order chi connectivity index (χ1) is 7.85. The number of aromatic nitrogens is 1. The first-order valence-electron chi connectivity index (χ1n) is 6.77. The van der Waals surface area contributed by atoms with Crippen LogP contribution in [0.2, 0.25) is 0 Å². The molecule has 1 aromatic rings. The molecule has 0 saturated carbocycles. The standard InChI is InChI=1S/C14H24N2/c1-3-8-15-14-7-5-6-12-10-16(9-4-2)11-13(12)14/h10-11,14-15H,3-9H2,1-2H3. The van der Waals surface area contributed by atoms with Crippen LogP contribution in [-0.4, -0.2) is 11.1 Å². The number of nitrogens with one attached hydrogen (secondary N) is 1. The minimum atomic E-state index is 0.613. The van der Waals surface area contributed by atoms with E-state index >= 15 is 0 Å². The van der Waals surface area contributed by atoms with E-state index in [9.17, 15) is 0 Å². The average molecular weight is 220 g/mol. The maximum atomic E-state index is 3.67. The predicted octanol–water partition coefficient (Wildman–Crippen LogP) is 3.28. The van der Waals surface area contributed by atoms with Crippen molar-refractivity contribution in [3.8, 4) is 0 Å². The zero-order chi connectivity index (χ0) is 11.4. The molecule has 1 aliphatic rings. The van der Waals surface area contributed by atoms with Crippen LogP contribution < -0.4 is 5.32 Å². The summed E-state index contributed by atoms with van der Waals surface area (Å²) in [5.74, 6) is 0. The van der Waals surface area contributed by atoms with E-state index in [1.54, 1.807) is 11.1 Å². The quantitative estimate of drug-likeness (QED) is 0.806. The Morgan fingerprint density at radius 2 is 2.19 bits per heavy atom. The number of aryl methyl sites for hydroxylation is 2. The van der Waals surface area contributed by atoms with Crippen LogP contribution in [0, 0.1) is 0 Å². The van der Waals surface area contributed by atoms with E-state index in [-0.39, 0.29) is 0 Å². The molecule has 2 heteroatoms. The zero-order valence-electron chi connectivity index (χ0n) is 10.6. The zero-order valence-corrected chi connectivity index (χ0v) is 10.6. The van der Waals surface area contributed by atoms with Crippen molar-refractivity contribution in [3.05, 3.63) is 23.5 Å². The topological polar surface area (TPSA) is 17.0 Å². The molecule has 0 aliphatic heterocycles. The van der Waals surface area contributed by atoms with E-state index in [0.29, 0.717) is 6.04 Å². The highest BCUT2D eigenvalue weighted by Gasteiger charge is 2.20. The Morgan fingerprint density at radius 1 is 1.31 bits per heavy atom. The van der Waals surface area contributed by atoms with E-state index in [0.717, 1.165) is 13.1 Å². The number of fused-ring (bicyclic) bond motifs is 1. The highest BCUT2D eigenvalue weighted by molar-refractivity contribution is 5.30. The molecule has 0 amide bonds. The first-order valence-corrected chi connectivity index (χ1v) is 6.77. The Labute approximate surface area is 99.0 Å². The van der Waals surface area contributed by atoms with Crippen LogP contribution in [0.15, 0.2) is 12.4 Å². The summed E-state index contributed by atoms with van der Waals surface area (Å²) in [6.45, 7) is 6.78. The summed E-state index contributed by atoms with van der Waals surface area (Å²) in [7, 11) is 0. The number of hydrogen-bond donors (Lipinski definition) is 1. The Balaban J connectivity index is 2.10. The highest BCUT2D eigenvalue weighted by Crippen LogP contribution is 2.30. The van der Waals surface area contributed by atoms with Gasteiger partial charge in [0.05, 0.1) is 0 Å². The van der Waals surface area contributed by atoms with Gasteiger partial charge < -0.3 is 9.88 Å². The molecular formula is C14H24N2. The van der Waals surface area contributed by atoms with Gasteiger partial charge in [0, 0.05) is 25.0 Å². The normalized spacial score (nSPS) is 19.8. The van der Waals surface area contributed by atoms with Crippen molar-refractivity contribution in [2.24, 2.45) is 0 Å². The second kappa shape index (κ2) is 5.53. The highest BCUT2D eigenvalue weighted by atomic mass is 15.0. The molecule has 0 saturated heterocycles. The molecule has 1 aliphatic carbocycles. The van der Waals surface area contributed by atoms with E-state index < -0.39 is 0 Å². The maximum Gasteiger partial charge on any atom is 0.0338 e. The van der Waals surface area contributed by atoms with Crippen LogP contribution in [0.25, 0.3) is 0 Å². The fourth-order valence-corrected chi connectivity index (χ4v) is 2.67. The largest absolute Gasteiger partial charge is 0.354 e. The molecule has 1 atom stereocenters. The molecule has 2 rings (SSSR count). The summed E-state index contributed by atoms with van der Waals surface area (Å²) in [6.07, 6.45) is 11.1. The van der Waals surface area contributed by atoms with Crippen LogP contribution in [0.5, 0.6) is 0 Å². The molecule has 2 nitrogen and oxygen atoms in total. The second-order valence-corrected chi connectivity index (χ2v) is 4.88. The molecule has 1 unspecified atom stereocenters. The van der Waals surface area contributed by atoms with Crippen molar-refractivity contribution in [1.29, 1.82) is 0 Å². The predicted molar refractivity (Wildman–Crippen MR) is 68.7 cm³/mol. The third-order valence-electron chi connectivity index (χ3n) is 3.43. The van der Waals surface area contributed by atoms with Gasteiger partial charge in [-0.05, 0) is 49.8 Å². The fourth-order valence-electron chi connectivity index (χ4n) is 2.67. The molecule has 0 bridgehead atoms. The van der Waals surface area contributed by atoms with Gasteiger partial charge in [0.15, 0.2) is 0 Å². The van der Waals surface area contributed by atoms with Crippen molar-refractivity contribution >= 4 is 0 Å². The molecule has 0 fully saturated rings.